The van der Waals surface area contributed by atoms with Crippen molar-refractivity contribution >= 4 is 6.09 Å². The Kier molecular flexibility index (Phi) is 3.53. The molecule has 0 radical (unpaired) electrons. The lowest BCUT2D eigenvalue weighted by Crippen LogP contribution is -2.53. The minimum Gasteiger partial charge on any atom is -0.465 e. The molecule has 1 aliphatic rings. The SMILES string of the molecule is CC(C)(C)N(C(=O)O)[C@H]1CC[C@](C)(O)CC1. The maximum atomic E-state index is 11.3. The van der Waals surface area contributed by atoms with Gasteiger partial charge in [0.05, 0.1) is 5.60 Å². The molecule has 0 unspecified atom stereocenters. The summed E-state index contributed by atoms with van der Waals surface area (Å²) in [5.41, 5.74) is -0.988. The summed E-state index contributed by atoms with van der Waals surface area (Å²) in [6.07, 6.45) is 1.99. The molecule has 2 N–H and O–H groups in total. The second-order valence-electron chi connectivity index (χ2n) is 6.05. The van der Waals surface area contributed by atoms with Crippen molar-refractivity contribution in [3.8, 4) is 0 Å². The Morgan fingerprint density at radius 1 is 1.31 bits per heavy atom. The molecule has 0 spiro atoms. The molecule has 0 aromatic carbocycles. The Balaban J connectivity index is 2.73. The number of aliphatic hydroxyl groups is 1. The van der Waals surface area contributed by atoms with Gasteiger partial charge in [-0.3, -0.25) is 0 Å². The van der Waals surface area contributed by atoms with Crippen LogP contribution in [0.4, 0.5) is 4.79 Å². The van der Waals surface area contributed by atoms with E-state index < -0.39 is 11.7 Å². The van der Waals surface area contributed by atoms with Crippen LogP contribution in [-0.2, 0) is 0 Å². The second kappa shape index (κ2) is 4.24. The van der Waals surface area contributed by atoms with Gasteiger partial charge in [0, 0.05) is 11.6 Å². The van der Waals surface area contributed by atoms with Crippen LogP contribution < -0.4 is 0 Å². The summed E-state index contributed by atoms with van der Waals surface area (Å²) in [6, 6.07) is 0.0396. The highest BCUT2D eigenvalue weighted by Gasteiger charge is 2.38. The highest BCUT2D eigenvalue weighted by Crippen LogP contribution is 2.33. The molecule has 4 nitrogen and oxygen atoms in total. The third-order valence-corrected chi connectivity index (χ3v) is 3.33. The van der Waals surface area contributed by atoms with Gasteiger partial charge in [-0.2, -0.15) is 0 Å². The Morgan fingerprint density at radius 2 is 1.75 bits per heavy atom. The highest BCUT2D eigenvalue weighted by atomic mass is 16.4. The van der Waals surface area contributed by atoms with E-state index in [2.05, 4.69) is 0 Å². The van der Waals surface area contributed by atoms with Crippen LogP contribution in [0, 0.1) is 0 Å². The quantitative estimate of drug-likeness (QED) is 0.726. The van der Waals surface area contributed by atoms with Gasteiger partial charge in [-0.1, -0.05) is 0 Å². The predicted octanol–water partition coefficient (Wildman–Crippen LogP) is 2.46. The molecule has 1 saturated carbocycles. The molecule has 0 aromatic rings. The molecule has 94 valence electrons. The average molecular weight is 229 g/mol. The lowest BCUT2D eigenvalue weighted by atomic mass is 9.82. The van der Waals surface area contributed by atoms with Crippen LogP contribution in [0.3, 0.4) is 0 Å². The molecule has 4 heteroatoms. The van der Waals surface area contributed by atoms with E-state index in [1.807, 2.05) is 27.7 Å². The third kappa shape index (κ3) is 3.11. The van der Waals surface area contributed by atoms with E-state index in [1.165, 1.54) is 4.90 Å². The zero-order chi connectivity index (χ0) is 12.6. The zero-order valence-corrected chi connectivity index (χ0v) is 10.7. The van der Waals surface area contributed by atoms with Gasteiger partial charge in [-0.05, 0) is 53.4 Å². The van der Waals surface area contributed by atoms with E-state index in [1.54, 1.807) is 0 Å². The van der Waals surface area contributed by atoms with Crippen molar-refractivity contribution in [1.29, 1.82) is 0 Å². The summed E-state index contributed by atoms with van der Waals surface area (Å²) in [6.45, 7) is 7.56. The van der Waals surface area contributed by atoms with Gasteiger partial charge in [0.15, 0.2) is 0 Å². The third-order valence-electron chi connectivity index (χ3n) is 3.33. The van der Waals surface area contributed by atoms with Gasteiger partial charge in [0.25, 0.3) is 0 Å². The highest BCUT2D eigenvalue weighted by molar-refractivity contribution is 5.66. The van der Waals surface area contributed by atoms with Crippen molar-refractivity contribution in [1.82, 2.24) is 4.90 Å². The normalized spacial score (nSPS) is 31.2. The molecule has 0 bridgehead atoms. The van der Waals surface area contributed by atoms with Gasteiger partial charge in [-0.15, -0.1) is 0 Å². The molecule has 1 aliphatic carbocycles. The van der Waals surface area contributed by atoms with Gasteiger partial charge >= 0.3 is 6.09 Å². The average Bonchev–Trinajstić information content (AvgIpc) is 2.05. The van der Waals surface area contributed by atoms with Crippen LogP contribution in [0.25, 0.3) is 0 Å². The first kappa shape index (κ1) is 13.3. The van der Waals surface area contributed by atoms with Crippen LogP contribution in [0.5, 0.6) is 0 Å². The van der Waals surface area contributed by atoms with Crippen molar-refractivity contribution in [2.24, 2.45) is 0 Å². The Labute approximate surface area is 97.3 Å². The van der Waals surface area contributed by atoms with Crippen LogP contribution >= 0.6 is 0 Å². The monoisotopic (exact) mass is 229 g/mol. The van der Waals surface area contributed by atoms with Crippen LogP contribution in [0.1, 0.15) is 53.4 Å². The van der Waals surface area contributed by atoms with Crippen LogP contribution in [0.2, 0.25) is 0 Å². The van der Waals surface area contributed by atoms with E-state index in [9.17, 15) is 15.0 Å². The Bertz CT molecular complexity index is 258. The molecule has 0 heterocycles. The first-order valence-corrected chi connectivity index (χ1v) is 5.88. The number of hydrogen-bond donors (Lipinski definition) is 2. The molecule has 1 rings (SSSR count). The molecule has 0 aromatic heterocycles. The first-order valence-electron chi connectivity index (χ1n) is 5.88. The van der Waals surface area contributed by atoms with Gasteiger partial charge in [-0.25, -0.2) is 4.79 Å². The van der Waals surface area contributed by atoms with E-state index in [-0.39, 0.29) is 11.6 Å². The molecule has 0 atom stereocenters. The summed E-state index contributed by atoms with van der Waals surface area (Å²) in [5, 5.41) is 19.1. The summed E-state index contributed by atoms with van der Waals surface area (Å²) >= 11 is 0. The summed E-state index contributed by atoms with van der Waals surface area (Å²) in [5.74, 6) is 0. The molecular weight excluding hydrogens is 206 g/mol. The number of rotatable bonds is 1. The lowest BCUT2D eigenvalue weighted by molar-refractivity contribution is -0.0183. The number of carbonyl (C=O) groups is 1. The minimum atomic E-state index is -0.862. The van der Waals surface area contributed by atoms with Crippen molar-refractivity contribution in [3.63, 3.8) is 0 Å². The van der Waals surface area contributed by atoms with E-state index in [4.69, 9.17) is 0 Å². The van der Waals surface area contributed by atoms with Crippen molar-refractivity contribution in [3.05, 3.63) is 0 Å². The maximum Gasteiger partial charge on any atom is 0.407 e. The van der Waals surface area contributed by atoms with Crippen molar-refractivity contribution in [2.75, 3.05) is 0 Å². The van der Waals surface area contributed by atoms with Gasteiger partial charge in [0.2, 0.25) is 0 Å². The van der Waals surface area contributed by atoms with E-state index in [0.717, 1.165) is 12.8 Å². The van der Waals surface area contributed by atoms with Gasteiger partial charge < -0.3 is 15.1 Å². The largest absolute Gasteiger partial charge is 0.465 e. The van der Waals surface area contributed by atoms with E-state index in [0.29, 0.717) is 12.8 Å². The molecule has 1 fully saturated rings. The number of amides is 1. The van der Waals surface area contributed by atoms with Crippen molar-refractivity contribution in [2.45, 2.75) is 70.6 Å². The Morgan fingerprint density at radius 3 is 2.06 bits per heavy atom. The fourth-order valence-electron chi connectivity index (χ4n) is 2.47. The second-order valence-corrected chi connectivity index (χ2v) is 6.05. The topological polar surface area (TPSA) is 60.8 Å². The molecule has 0 aliphatic heterocycles. The lowest BCUT2D eigenvalue weighted by Gasteiger charge is -2.44. The summed E-state index contributed by atoms with van der Waals surface area (Å²) in [4.78, 5) is 12.8. The molecule has 1 amide bonds. The van der Waals surface area contributed by atoms with Crippen LogP contribution in [-0.4, -0.2) is 38.4 Å². The first-order chi connectivity index (χ1) is 7.13. The zero-order valence-electron chi connectivity index (χ0n) is 10.7. The standard InChI is InChI=1S/C12H23NO3/c1-11(2,3)13(10(14)15)9-5-7-12(4,16)8-6-9/h9,16H,5-8H2,1-4H3,(H,14,15)/t9-,12-. The number of hydrogen-bond acceptors (Lipinski definition) is 2. The summed E-state index contributed by atoms with van der Waals surface area (Å²) in [7, 11) is 0. The van der Waals surface area contributed by atoms with Crippen molar-refractivity contribution < 1.29 is 15.0 Å². The fourth-order valence-corrected chi connectivity index (χ4v) is 2.47. The van der Waals surface area contributed by atoms with E-state index >= 15 is 0 Å². The fraction of sp³-hybridized carbons (Fsp3) is 0.917. The number of nitrogens with zero attached hydrogens (tertiary/aromatic N) is 1. The molecular formula is C12H23NO3. The summed E-state index contributed by atoms with van der Waals surface area (Å²) < 4.78 is 0. The Hall–Kier alpha value is -0.770. The maximum absolute atomic E-state index is 11.3. The predicted molar refractivity (Wildman–Crippen MR) is 62.5 cm³/mol. The minimum absolute atomic E-state index is 0.0396. The van der Waals surface area contributed by atoms with Crippen LogP contribution in [0.15, 0.2) is 0 Å². The smallest absolute Gasteiger partial charge is 0.407 e. The molecule has 16 heavy (non-hydrogen) atoms. The molecule has 0 saturated heterocycles. The number of carboxylic acid groups (broad SMARTS) is 1. The van der Waals surface area contributed by atoms with Gasteiger partial charge in [0.1, 0.15) is 0 Å².